The van der Waals surface area contributed by atoms with Crippen LogP contribution in [0.2, 0.25) is 0 Å². The fourth-order valence-electron chi connectivity index (χ4n) is 5.10. The molecule has 6 rings (SSSR count). The normalized spacial score (nSPS) is 20.5. The van der Waals surface area contributed by atoms with Gasteiger partial charge in [0.25, 0.3) is 11.5 Å². The number of fused-ring (bicyclic) bond motifs is 1. The van der Waals surface area contributed by atoms with Crippen molar-refractivity contribution < 1.29 is 23.8 Å². The maximum absolute atomic E-state index is 13.5. The van der Waals surface area contributed by atoms with Gasteiger partial charge in [-0.25, -0.2) is 9.37 Å². The molecule has 2 heterocycles. The van der Waals surface area contributed by atoms with Crippen molar-refractivity contribution in [3.05, 3.63) is 58.3 Å². The highest BCUT2D eigenvalue weighted by atomic mass is 19.1. The second kappa shape index (κ2) is 9.05. The van der Waals surface area contributed by atoms with Crippen LogP contribution in [0.25, 0.3) is 22.2 Å². The van der Waals surface area contributed by atoms with Crippen LogP contribution in [-0.2, 0) is 16.0 Å². The molecule has 0 aliphatic heterocycles. The van der Waals surface area contributed by atoms with Gasteiger partial charge in [0.15, 0.2) is 6.29 Å². The largest absolute Gasteiger partial charge is 0.506 e. The Hall–Kier alpha value is -3.30. The number of rotatable bonds is 9. The molecule has 0 radical (unpaired) electrons. The number of benzene rings is 1. The average molecular weight is 482 g/mol. The first kappa shape index (κ1) is 23.4. The van der Waals surface area contributed by atoms with E-state index in [4.69, 9.17) is 9.47 Å². The lowest BCUT2D eigenvalue weighted by Gasteiger charge is -2.61. The van der Waals surface area contributed by atoms with Crippen molar-refractivity contribution in [1.82, 2.24) is 14.9 Å². The third-order valence-corrected chi connectivity index (χ3v) is 6.93. The first-order valence-corrected chi connectivity index (χ1v) is 11.9. The van der Waals surface area contributed by atoms with E-state index < -0.39 is 23.5 Å². The number of amides is 1. The van der Waals surface area contributed by atoms with Gasteiger partial charge in [0.05, 0.1) is 11.9 Å². The van der Waals surface area contributed by atoms with E-state index in [0.29, 0.717) is 30.3 Å². The summed E-state index contributed by atoms with van der Waals surface area (Å²) in [5, 5.41) is 14.4. The molecule has 1 aromatic carbocycles. The summed E-state index contributed by atoms with van der Waals surface area (Å²) in [6.45, 7) is 4.37. The van der Waals surface area contributed by atoms with Crippen LogP contribution in [0.4, 0.5) is 4.39 Å². The molecule has 184 valence electrons. The highest BCUT2D eigenvalue weighted by molar-refractivity contribution is 6.02. The second-order valence-corrected chi connectivity index (χ2v) is 9.29. The molecule has 2 bridgehead atoms. The summed E-state index contributed by atoms with van der Waals surface area (Å²) in [5.41, 5.74) is 0.227. The number of pyridine rings is 2. The Morgan fingerprint density at radius 2 is 1.86 bits per heavy atom. The van der Waals surface area contributed by atoms with Crippen LogP contribution >= 0.6 is 0 Å². The zero-order valence-electron chi connectivity index (χ0n) is 19.7. The fraction of sp³-hybridized carbons (Fsp3) is 0.423. The third kappa shape index (κ3) is 4.19. The fourth-order valence-corrected chi connectivity index (χ4v) is 5.10. The van der Waals surface area contributed by atoms with E-state index in [0.717, 1.165) is 19.3 Å². The van der Waals surface area contributed by atoms with Gasteiger partial charge in [0, 0.05) is 30.5 Å². The van der Waals surface area contributed by atoms with Gasteiger partial charge in [-0.15, -0.1) is 0 Å². The number of nitrogens with zero attached hydrogens (tertiary/aromatic N) is 2. The molecular formula is C26H28FN3O5. The summed E-state index contributed by atoms with van der Waals surface area (Å²) >= 11 is 0. The van der Waals surface area contributed by atoms with Gasteiger partial charge in [0.1, 0.15) is 22.8 Å². The molecule has 1 amide bonds. The zero-order chi connectivity index (χ0) is 24.7. The minimum absolute atomic E-state index is 0.00626. The van der Waals surface area contributed by atoms with Crippen LogP contribution in [-0.4, -0.2) is 45.6 Å². The summed E-state index contributed by atoms with van der Waals surface area (Å²) in [6.07, 6.45) is 3.50. The number of aromatic nitrogens is 2. The molecule has 0 spiro atoms. The van der Waals surface area contributed by atoms with Gasteiger partial charge in [-0.05, 0) is 62.8 Å². The van der Waals surface area contributed by atoms with Crippen molar-refractivity contribution >= 4 is 16.9 Å². The molecule has 35 heavy (non-hydrogen) atoms. The Morgan fingerprint density at radius 3 is 2.43 bits per heavy atom. The smallest absolute Gasteiger partial charge is 0.269 e. The van der Waals surface area contributed by atoms with Crippen LogP contribution in [0.3, 0.4) is 0 Å². The van der Waals surface area contributed by atoms with E-state index in [1.165, 1.54) is 16.7 Å². The number of carbonyl (C=O) groups excluding carboxylic acids is 1. The molecule has 2 aromatic heterocycles. The highest BCUT2D eigenvalue weighted by Gasteiger charge is 2.57. The lowest BCUT2D eigenvalue weighted by atomic mass is 9.50. The predicted molar refractivity (Wildman–Crippen MR) is 128 cm³/mol. The molecule has 3 fully saturated rings. The predicted octanol–water partition coefficient (Wildman–Crippen LogP) is 3.59. The summed E-state index contributed by atoms with van der Waals surface area (Å²) in [4.78, 5) is 31.2. The summed E-state index contributed by atoms with van der Waals surface area (Å²) in [6, 6.07) is 7.51. The quantitative estimate of drug-likeness (QED) is 0.453. The molecule has 8 nitrogen and oxygen atoms in total. The SMILES string of the molecule is CCOC(Cn1c(=O)c(C(=O)NC23CC(C2)C3)c(O)c2cc(-c3ccc(F)cc3)cnc21)OCC. The first-order valence-electron chi connectivity index (χ1n) is 11.9. The minimum atomic E-state index is -0.734. The van der Waals surface area contributed by atoms with E-state index >= 15 is 0 Å². The van der Waals surface area contributed by atoms with E-state index in [2.05, 4.69) is 10.3 Å². The molecule has 3 saturated carbocycles. The molecule has 2 N–H and O–H groups in total. The number of hydrogen-bond acceptors (Lipinski definition) is 6. The highest BCUT2D eigenvalue weighted by Crippen LogP contribution is 2.57. The van der Waals surface area contributed by atoms with Gasteiger partial charge in [0.2, 0.25) is 0 Å². The Balaban J connectivity index is 1.64. The second-order valence-electron chi connectivity index (χ2n) is 9.29. The van der Waals surface area contributed by atoms with E-state index in [9.17, 15) is 19.1 Å². The number of carbonyl (C=O) groups is 1. The average Bonchev–Trinajstić information content (AvgIpc) is 2.79. The zero-order valence-corrected chi connectivity index (χ0v) is 19.7. The van der Waals surface area contributed by atoms with E-state index in [1.807, 2.05) is 13.8 Å². The van der Waals surface area contributed by atoms with Crippen LogP contribution in [0.15, 0.2) is 41.3 Å². The Bertz CT molecular complexity index is 1310. The maximum atomic E-state index is 13.5. The minimum Gasteiger partial charge on any atom is -0.506 e. The molecule has 3 aliphatic carbocycles. The van der Waals surface area contributed by atoms with Gasteiger partial charge >= 0.3 is 0 Å². The molecular weight excluding hydrogens is 453 g/mol. The standard InChI is InChI=1S/C26H28FN3O5/c1-3-34-20(35-4-2)14-30-23-19(9-17(13-28-23)16-5-7-18(27)8-6-16)22(31)21(25(30)33)24(32)29-26-10-15(11-26)12-26/h5-9,13,15,20,31H,3-4,10-12,14H2,1-2H3,(H,29,32). The molecule has 3 aliphatic rings. The molecule has 3 aromatic rings. The Labute approximate surface area is 201 Å². The topological polar surface area (TPSA) is 103 Å². The lowest BCUT2D eigenvalue weighted by Crippen LogP contribution is -2.68. The summed E-state index contributed by atoms with van der Waals surface area (Å²) < 4.78 is 26.0. The van der Waals surface area contributed by atoms with Crippen molar-refractivity contribution in [1.29, 1.82) is 0 Å². The number of nitrogens with one attached hydrogen (secondary N) is 1. The lowest BCUT2D eigenvalue weighted by molar-refractivity contribution is -0.143. The molecule has 0 atom stereocenters. The van der Waals surface area contributed by atoms with Crippen molar-refractivity contribution in [3.8, 4) is 16.9 Å². The van der Waals surface area contributed by atoms with Crippen LogP contribution in [0.5, 0.6) is 5.75 Å². The molecule has 9 heteroatoms. The van der Waals surface area contributed by atoms with Gasteiger partial charge in [-0.1, -0.05) is 12.1 Å². The van der Waals surface area contributed by atoms with E-state index in [1.54, 1.807) is 24.4 Å². The van der Waals surface area contributed by atoms with Crippen molar-refractivity contribution in [2.45, 2.75) is 51.5 Å². The molecule has 0 saturated heterocycles. The van der Waals surface area contributed by atoms with Gasteiger partial charge in [-0.2, -0.15) is 0 Å². The van der Waals surface area contributed by atoms with Crippen molar-refractivity contribution in [2.75, 3.05) is 13.2 Å². The maximum Gasteiger partial charge on any atom is 0.269 e. The number of ether oxygens (including phenoxy) is 2. The van der Waals surface area contributed by atoms with Gasteiger partial charge in [-0.3, -0.25) is 14.2 Å². The van der Waals surface area contributed by atoms with Gasteiger partial charge < -0.3 is 19.9 Å². The Morgan fingerprint density at radius 1 is 1.20 bits per heavy atom. The number of aromatic hydroxyl groups is 1. The number of hydrogen-bond donors (Lipinski definition) is 2. The third-order valence-electron chi connectivity index (χ3n) is 6.93. The Kier molecular flexibility index (Phi) is 6.06. The summed E-state index contributed by atoms with van der Waals surface area (Å²) in [5.74, 6) is -0.758. The van der Waals surface area contributed by atoms with Crippen LogP contribution < -0.4 is 10.9 Å². The van der Waals surface area contributed by atoms with Crippen molar-refractivity contribution in [2.24, 2.45) is 5.92 Å². The van der Waals surface area contributed by atoms with E-state index in [-0.39, 0.29) is 34.5 Å². The van der Waals surface area contributed by atoms with Crippen molar-refractivity contribution in [3.63, 3.8) is 0 Å². The molecule has 0 unspecified atom stereocenters. The van der Waals surface area contributed by atoms with Crippen LogP contribution in [0.1, 0.15) is 43.5 Å². The summed E-state index contributed by atoms with van der Waals surface area (Å²) in [7, 11) is 0. The first-order chi connectivity index (χ1) is 16.8. The monoisotopic (exact) mass is 481 g/mol. The number of halogens is 1. The van der Waals surface area contributed by atoms with Crippen LogP contribution in [0, 0.1) is 11.7 Å².